The van der Waals surface area contributed by atoms with Crippen LogP contribution in [0.5, 0.6) is 0 Å². The Kier molecular flexibility index (Phi) is 4.58. The van der Waals surface area contributed by atoms with Gasteiger partial charge in [0.15, 0.2) is 0 Å². The van der Waals surface area contributed by atoms with Crippen LogP contribution in [-0.4, -0.2) is 35.6 Å². The number of likely N-dealkylation sites (tertiary alicyclic amines) is 1. The van der Waals surface area contributed by atoms with Gasteiger partial charge in [0, 0.05) is 19.6 Å². The summed E-state index contributed by atoms with van der Waals surface area (Å²) in [6.07, 6.45) is 14.9. The lowest BCUT2D eigenvalue weighted by atomic mass is 9.68. The Morgan fingerprint density at radius 2 is 1.38 bits per heavy atom. The summed E-state index contributed by atoms with van der Waals surface area (Å²) in [5, 5.41) is 9.30. The first kappa shape index (κ1) is 15.3. The first-order chi connectivity index (χ1) is 10.1. The fourth-order valence-corrected chi connectivity index (χ4v) is 5.30. The summed E-state index contributed by atoms with van der Waals surface area (Å²) in [6, 6.07) is 0. The quantitative estimate of drug-likeness (QED) is 0.849. The van der Waals surface area contributed by atoms with Crippen molar-refractivity contribution in [2.45, 2.75) is 77.0 Å². The summed E-state index contributed by atoms with van der Waals surface area (Å²) >= 11 is 0. The molecule has 3 nitrogen and oxygen atoms in total. The van der Waals surface area contributed by atoms with Crippen LogP contribution in [0, 0.1) is 10.8 Å². The second-order valence-corrected chi connectivity index (χ2v) is 8.19. The minimum absolute atomic E-state index is 0.0798. The highest BCUT2D eigenvalue weighted by Crippen LogP contribution is 2.46. The SMILES string of the molecule is O=C(O)CC1(CN2CC3(CCCCCC3)C2)CCCCC1. The molecule has 0 amide bonds. The maximum absolute atomic E-state index is 11.3. The number of hydrogen-bond donors (Lipinski definition) is 1. The summed E-state index contributed by atoms with van der Waals surface area (Å²) in [6.45, 7) is 3.53. The maximum Gasteiger partial charge on any atom is 0.303 e. The van der Waals surface area contributed by atoms with Crippen molar-refractivity contribution in [1.82, 2.24) is 4.90 Å². The van der Waals surface area contributed by atoms with Crippen LogP contribution in [0.15, 0.2) is 0 Å². The molecule has 0 atom stereocenters. The van der Waals surface area contributed by atoms with Crippen LogP contribution >= 0.6 is 0 Å². The van der Waals surface area contributed by atoms with Crippen molar-refractivity contribution in [1.29, 1.82) is 0 Å². The predicted molar refractivity (Wildman–Crippen MR) is 84.3 cm³/mol. The zero-order valence-corrected chi connectivity index (χ0v) is 13.4. The van der Waals surface area contributed by atoms with E-state index in [1.54, 1.807) is 0 Å². The van der Waals surface area contributed by atoms with E-state index in [2.05, 4.69) is 4.90 Å². The van der Waals surface area contributed by atoms with E-state index in [1.165, 1.54) is 70.9 Å². The summed E-state index contributed by atoms with van der Waals surface area (Å²) in [5.74, 6) is -0.596. The van der Waals surface area contributed by atoms with Crippen LogP contribution < -0.4 is 0 Å². The third-order valence-electron chi connectivity index (χ3n) is 6.28. The van der Waals surface area contributed by atoms with Crippen molar-refractivity contribution in [3.05, 3.63) is 0 Å². The molecule has 0 aromatic carbocycles. The summed E-state index contributed by atoms with van der Waals surface area (Å²) in [4.78, 5) is 13.9. The average Bonchev–Trinajstić information content (AvgIpc) is 2.64. The molecule has 3 rings (SSSR count). The molecule has 21 heavy (non-hydrogen) atoms. The van der Waals surface area contributed by atoms with Gasteiger partial charge < -0.3 is 10.0 Å². The van der Waals surface area contributed by atoms with Gasteiger partial charge in [-0.25, -0.2) is 0 Å². The van der Waals surface area contributed by atoms with E-state index in [0.29, 0.717) is 11.8 Å². The molecular weight excluding hydrogens is 262 g/mol. The van der Waals surface area contributed by atoms with Crippen molar-refractivity contribution >= 4 is 5.97 Å². The van der Waals surface area contributed by atoms with E-state index >= 15 is 0 Å². The Morgan fingerprint density at radius 3 is 1.95 bits per heavy atom. The molecule has 3 aliphatic rings. The van der Waals surface area contributed by atoms with Crippen molar-refractivity contribution in [3.63, 3.8) is 0 Å². The van der Waals surface area contributed by atoms with E-state index in [1.807, 2.05) is 0 Å². The molecule has 1 aliphatic heterocycles. The summed E-state index contributed by atoms with van der Waals surface area (Å²) in [5.41, 5.74) is 0.687. The number of hydrogen-bond acceptors (Lipinski definition) is 2. The van der Waals surface area contributed by atoms with Crippen LogP contribution in [0.1, 0.15) is 77.0 Å². The zero-order valence-electron chi connectivity index (χ0n) is 13.4. The molecule has 3 heteroatoms. The number of rotatable bonds is 4. The molecule has 0 aromatic heterocycles. The minimum atomic E-state index is -0.596. The molecule has 120 valence electrons. The van der Waals surface area contributed by atoms with Crippen molar-refractivity contribution in [2.24, 2.45) is 10.8 Å². The first-order valence-electron chi connectivity index (χ1n) is 9.06. The second-order valence-electron chi connectivity index (χ2n) is 8.19. The molecule has 1 heterocycles. The van der Waals surface area contributed by atoms with Gasteiger partial charge in [-0.1, -0.05) is 44.9 Å². The Morgan fingerprint density at radius 1 is 0.857 bits per heavy atom. The molecule has 1 saturated heterocycles. The second kappa shape index (κ2) is 6.28. The van der Waals surface area contributed by atoms with Gasteiger partial charge in [0.2, 0.25) is 0 Å². The van der Waals surface area contributed by atoms with Gasteiger partial charge >= 0.3 is 5.97 Å². The number of aliphatic carboxylic acids is 1. The van der Waals surface area contributed by atoms with Gasteiger partial charge in [-0.3, -0.25) is 4.79 Å². The molecule has 0 radical (unpaired) electrons. The smallest absolute Gasteiger partial charge is 0.303 e. The lowest BCUT2D eigenvalue weighted by Crippen LogP contribution is -2.59. The van der Waals surface area contributed by atoms with Gasteiger partial charge in [0.1, 0.15) is 0 Å². The van der Waals surface area contributed by atoms with E-state index in [0.717, 1.165) is 19.4 Å². The minimum Gasteiger partial charge on any atom is -0.481 e. The molecule has 1 N–H and O–H groups in total. The largest absolute Gasteiger partial charge is 0.481 e. The molecule has 0 bridgehead atoms. The van der Waals surface area contributed by atoms with Gasteiger partial charge in [-0.2, -0.15) is 0 Å². The standard InChI is InChI=1S/C18H31NO2/c20-16(21)12-17(8-6-3-7-9-17)13-19-14-18(15-19)10-4-1-2-5-11-18/h1-15H2,(H,20,21). The predicted octanol–water partition coefficient (Wildman–Crippen LogP) is 4.07. The topological polar surface area (TPSA) is 40.5 Å². The van der Waals surface area contributed by atoms with Gasteiger partial charge in [-0.15, -0.1) is 0 Å². The number of carboxylic acid groups (broad SMARTS) is 1. The normalized spacial score (nSPS) is 28.8. The van der Waals surface area contributed by atoms with Crippen LogP contribution in [0.4, 0.5) is 0 Å². The number of carboxylic acids is 1. The van der Waals surface area contributed by atoms with E-state index in [9.17, 15) is 9.90 Å². The molecule has 0 aromatic rings. The average molecular weight is 293 g/mol. The number of nitrogens with zero attached hydrogens (tertiary/aromatic N) is 1. The molecule has 1 spiro atoms. The fraction of sp³-hybridized carbons (Fsp3) is 0.944. The molecule has 2 aliphatic carbocycles. The van der Waals surface area contributed by atoms with Crippen molar-refractivity contribution < 1.29 is 9.90 Å². The van der Waals surface area contributed by atoms with Gasteiger partial charge in [0.05, 0.1) is 6.42 Å². The highest BCUT2D eigenvalue weighted by molar-refractivity contribution is 5.67. The Hall–Kier alpha value is -0.570. The maximum atomic E-state index is 11.3. The lowest BCUT2D eigenvalue weighted by molar-refractivity contribution is -0.142. The summed E-state index contributed by atoms with van der Waals surface area (Å²) < 4.78 is 0. The third-order valence-corrected chi connectivity index (χ3v) is 6.28. The molecule has 2 saturated carbocycles. The van der Waals surface area contributed by atoms with Gasteiger partial charge in [0.25, 0.3) is 0 Å². The highest BCUT2D eigenvalue weighted by Gasteiger charge is 2.46. The Labute approximate surface area is 129 Å². The van der Waals surface area contributed by atoms with E-state index in [4.69, 9.17) is 0 Å². The lowest BCUT2D eigenvalue weighted by Gasteiger charge is -2.54. The molecule has 3 fully saturated rings. The Balaban J connectivity index is 1.56. The van der Waals surface area contributed by atoms with Crippen LogP contribution in [0.25, 0.3) is 0 Å². The van der Waals surface area contributed by atoms with Crippen molar-refractivity contribution in [3.8, 4) is 0 Å². The fourth-order valence-electron chi connectivity index (χ4n) is 5.30. The summed E-state index contributed by atoms with van der Waals surface area (Å²) in [7, 11) is 0. The van der Waals surface area contributed by atoms with E-state index < -0.39 is 5.97 Å². The van der Waals surface area contributed by atoms with Crippen LogP contribution in [-0.2, 0) is 4.79 Å². The zero-order chi connectivity index (χ0) is 14.8. The highest BCUT2D eigenvalue weighted by atomic mass is 16.4. The third kappa shape index (κ3) is 3.61. The monoisotopic (exact) mass is 293 g/mol. The van der Waals surface area contributed by atoms with Gasteiger partial charge in [-0.05, 0) is 36.5 Å². The van der Waals surface area contributed by atoms with E-state index in [-0.39, 0.29) is 5.41 Å². The van der Waals surface area contributed by atoms with Crippen LogP contribution in [0.3, 0.4) is 0 Å². The van der Waals surface area contributed by atoms with Crippen molar-refractivity contribution in [2.75, 3.05) is 19.6 Å². The Bertz CT molecular complexity index is 357. The molecule has 0 unspecified atom stereocenters. The number of carbonyl (C=O) groups is 1. The first-order valence-corrected chi connectivity index (χ1v) is 9.06. The molecular formula is C18H31NO2. The van der Waals surface area contributed by atoms with Crippen LogP contribution in [0.2, 0.25) is 0 Å².